The van der Waals surface area contributed by atoms with E-state index in [-0.39, 0.29) is 17.6 Å². The van der Waals surface area contributed by atoms with Crippen molar-refractivity contribution in [2.75, 3.05) is 11.4 Å². The summed E-state index contributed by atoms with van der Waals surface area (Å²) in [5.74, 6) is -1.21. The Morgan fingerprint density at radius 1 is 1.39 bits per heavy atom. The van der Waals surface area contributed by atoms with Crippen molar-refractivity contribution in [1.29, 1.82) is 0 Å². The molecule has 1 aliphatic rings. The summed E-state index contributed by atoms with van der Waals surface area (Å²) in [5.41, 5.74) is -0.290. The molecular weight excluding hydrogens is 251 g/mol. The van der Waals surface area contributed by atoms with E-state index in [9.17, 15) is 18.0 Å². The van der Waals surface area contributed by atoms with Crippen LogP contribution in [0.1, 0.15) is 23.3 Å². The van der Waals surface area contributed by atoms with Crippen molar-refractivity contribution >= 4 is 11.8 Å². The second-order valence-electron chi connectivity index (χ2n) is 4.06. The van der Waals surface area contributed by atoms with Crippen molar-refractivity contribution in [3.05, 3.63) is 17.8 Å². The average Bonchev–Trinajstić information content (AvgIpc) is 3.08. The zero-order chi connectivity index (χ0) is 13.3. The van der Waals surface area contributed by atoms with E-state index in [1.807, 2.05) is 0 Å². The number of hydrogen-bond donors (Lipinski definition) is 1. The van der Waals surface area contributed by atoms with E-state index in [0.717, 1.165) is 11.0 Å². The fourth-order valence-electron chi connectivity index (χ4n) is 1.57. The van der Waals surface area contributed by atoms with Crippen LogP contribution in [0.15, 0.2) is 12.1 Å². The van der Waals surface area contributed by atoms with Crippen molar-refractivity contribution in [2.24, 2.45) is 0 Å². The van der Waals surface area contributed by atoms with Crippen LogP contribution in [0.4, 0.5) is 19.0 Å². The molecule has 1 aliphatic carbocycles. The summed E-state index contributed by atoms with van der Waals surface area (Å²) in [4.78, 5) is 11.7. The minimum absolute atomic E-state index is 0.0554. The first-order chi connectivity index (χ1) is 8.37. The Bertz CT molecular complexity index is 443. The molecule has 2 rings (SSSR count). The average molecular weight is 261 g/mol. The van der Waals surface area contributed by atoms with Crippen molar-refractivity contribution in [3.8, 4) is 0 Å². The van der Waals surface area contributed by atoms with Crippen LogP contribution in [0.3, 0.4) is 0 Å². The molecule has 0 unspecified atom stereocenters. The van der Waals surface area contributed by atoms with E-state index < -0.39 is 18.7 Å². The number of anilines is 1. The molecule has 0 saturated heterocycles. The summed E-state index contributed by atoms with van der Waals surface area (Å²) >= 11 is 0. The highest BCUT2D eigenvalue weighted by Crippen LogP contribution is 2.33. The van der Waals surface area contributed by atoms with Crippen molar-refractivity contribution < 1.29 is 23.1 Å². The number of carboxylic acid groups (broad SMARTS) is 1. The number of rotatable bonds is 4. The van der Waals surface area contributed by atoms with Gasteiger partial charge in [-0.05, 0) is 25.0 Å². The van der Waals surface area contributed by atoms with Gasteiger partial charge < -0.3 is 10.0 Å². The predicted octanol–water partition coefficient (Wildman–Crippen LogP) is 1.71. The molecule has 1 heterocycles. The fourth-order valence-corrected chi connectivity index (χ4v) is 1.57. The molecular formula is C10H10F3N3O2. The highest BCUT2D eigenvalue weighted by molar-refractivity contribution is 5.85. The van der Waals surface area contributed by atoms with Crippen LogP contribution in [0.5, 0.6) is 0 Å². The number of aromatic nitrogens is 2. The lowest BCUT2D eigenvalue weighted by molar-refractivity contribution is -0.120. The topological polar surface area (TPSA) is 66.3 Å². The number of carbonyl (C=O) groups is 1. The largest absolute Gasteiger partial charge is 0.476 e. The predicted molar refractivity (Wildman–Crippen MR) is 55.4 cm³/mol. The van der Waals surface area contributed by atoms with Crippen LogP contribution in [0.25, 0.3) is 0 Å². The lowest BCUT2D eigenvalue weighted by Gasteiger charge is -2.24. The molecule has 1 fully saturated rings. The Hall–Kier alpha value is -1.86. The van der Waals surface area contributed by atoms with Gasteiger partial charge in [0.05, 0.1) is 0 Å². The van der Waals surface area contributed by atoms with Gasteiger partial charge in [-0.15, -0.1) is 10.2 Å². The molecule has 98 valence electrons. The van der Waals surface area contributed by atoms with Crippen LogP contribution < -0.4 is 4.90 Å². The maximum absolute atomic E-state index is 12.4. The van der Waals surface area contributed by atoms with Crippen LogP contribution in [0, 0.1) is 0 Å². The Balaban J connectivity index is 2.18. The third-order valence-electron chi connectivity index (χ3n) is 2.50. The lowest BCUT2D eigenvalue weighted by Crippen LogP contribution is -2.36. The van der Waals surface area contributed by atoms with E-state index in [0.29, 0.717) is 12.8 Å². The maximum atomic E-state index is 12.4. The van der Waals surface area contributed by atoms with Gasteiger partial charge in [0.1, 0.15) is 6.54 Å². The Kier molecular flexibility index (Phi) is 3.10. The lowest BCUT2D eigenvalue weighted by atomic mass is 10.3. The number of halogens is 3. The van der Waals surface area contributed by atoms with Gasteiger partial charge in [-0.3, -0.25) is 0 Å². The van der Waals surface area contributed by atoms with Gasteiger partial charge in [-0.25, -0.2) is 4.79 Å². The van der Waals surface area contributed by atoms with Gasteiger partial charge in [-0.1, -0.05) is 0 Å². The maximum Gasteiger partial charge on any atom is 0.405 e. The summed E-state index contributed by atoms with van der Waals surface area (Å²) in [5, 5.41) is 15.5. The molecule has 1 aromatic heterocycles. The van der Waals surface area contributed by atoms with Gasteiger partial charge in [0.2, 0.25) is 0 Å². The molecule has 5 nitrogen and oxygen atoms in total. The van der Waals surface area contributed by atoms with Crippen molar-refractivity contribution in [2.45, 2.75) is 25.1 Å². The summed E-state index contributed by atoms with van der Waals surface area (Å²) < 4.78 is 37.2. The number of nitrogens with zero attached hydrogens (tertiary/aromatic N) is 3. The van der Waals surface area contributed by atoms with Gasteiger partial charge in [0.25, 0.3) is 0 Å². The monoisotopic (exact) mass is 261 g/mol. The molecule has 1 aromatic rings. The summed E-state index contributed by atoms with van der Waals surface area (Å²) in [6.07, 6.45) is -2.97. The molecule has 0 bridgehead atoms. The molecule has 8 heteroatoms. The number of hydrogen-bond acceptors (Lipinski definition) is 4. The SMILES string of the molecule is O=C(O)c1ccc(N(CC(F)(F)F)C2CC2)nn1. The van der Waals surface area contributed by atoms with Gasteiger partial charge in [0, 0.05) is 6.04 Å². The second kappa shape index (κ2) is 4.43. The molecule has 0 aliphatic heterocycles. The standard InChI is InChI=1S/C10H10F3N3O2/c11-10(12,13)5-16(6-1-2-6)8-4-3-7(9(17)18)14-15-8/h3-4,6H,1-2,5H2,(H,17,18). The molecule has 0 spiro atoms. The third kappa shape index (κ3) is 3.08. The van der Waals surface area contributed by atoms with Crippen LogP contribution in [-0.2, 0) is 0 Å². The Morgan fingerprint density at radius 3 is 2.44 bits per heavy atom. The zero-order valence-electron chi connectivity index (χ0n) is 9.18. The van der Waals surface area contributed by atoms with E-state index >= 15 is 0 Å². The zero-order valence-corrected chi connectivity index (χ0v) is 9.18. The Labute approximate surface area is 100 Å². The van der Waals surface area contributed by atoms with Gasteiger partial charge in [-0.2, -0.15) is 13.2 Å². The second-order valence-corrected chi connectivity index (χ2v) is 4.06. The smallest absolute Gasteiger partial charge is 0.405 e. The highest BCUT2D eigenvalue weighted by atomic mass is 19.4. The normalized spacial score (nSPS) is 15.5. The van der Waals surface area contributed by atoms with Gasteiger partial charge >= 0.3 is 12.1 Å². The van der Waals surface area contributed by atoms with E-state index in [1.165, 1.54) is 6.07 Å². The minimum Gasteiger partial charge on any atom is -0.476 e. The Morgan fingerprint density at radius 2 is 2.06 bits per heavy atom. The highest BCUT2D eigenvalue weighted by Gasteiger charge is 2.38. The first-order valence-corrected chi connectivity index (χ1v) is 5.27. The van der Waals surface area contributed by atoms with Crippen LogP contribution in [-0.4, -0.2) is 40.0 Å². The molecule has 1 saturated carbocycles. The molecule has 0 amide bonds. The van der Waals surface area contributed by atoms with Gasteiger partial charge in [0.15, 0.2) is 11.5 Å². The number of alkyl halides is 3. The summed E-state index contributed by atoms with van der Waals surface area (Å²) in [6.45, 7) is -1.10. The fraction of sp³-hybridized carbons (Fsp3) is 0.500. The van der Waals surface area contributed by atoms with Crippen LogP contribution in [0.2, 0.25) is 0 Å². The molecule has 0 atom stereocenters. The van der Waals surface area contributed by atoms with Crippen LogP contribution >= 0.6 is 0 Å². The van der Waals surface area contributed by atoms with Crippen molar-refractivity contribution in [1.82, 2.24) is 10.2 Å². The molecule has 0 aromatic carbocycles. The first-order valence-electron chi connectivity index (χ1n) is 5.27. The summed E-state index contributed by atoms with van der Waals surface area (Å²) in [7, 11) is 0. The summed E-state index contributed by atoms with van der Waals surface area (Å²) in [6, 6.07) is 2.22. The number of carboxylic acids is 1. The van der Waals surface area contributed by atoms with E-state index in [1.54, 1.807) is 0 Å². The first kappa shape index (κ1) is 12.6. The molecule has 1 N–H and O–H groups in total. The van der Waals surface area contributed by atoms with E-state index in [2.05, 4.69) is 10.2 Å². The van der Waals surface area contributed by atoms with E-state index in [4.69, 9.17) is 5.11 Å². The minimum atomic E-state index is -4.32. The third-order valence-corrected chi connectivity index (χ3v) is 2.50. The molecule has 18 heavy (non-hydrogen) atoms. The molecule has 0 radical (unpaired) electrons. The van der Waals surface area contributed by atoms with Crippen molar-refractivity contribution in [3.63, 3.8) is 0 Å². The number of aromatic carboxylic acids is 1. The quantitative estimate of drug-likeness (QED) is 0.893.